The number of rotatable bonds is 7. The molecule has 0 bridgehead atoms. The molecule has 0 aromatic carbocycles. The Balaban J connectivity index is 2.31. The molecule has 0 spiro atoms. The van der Waals surface area contributed by atoms with E-state index >= 15 is 0 Å². The van der Waals surface area contributed by atoms with Crippen molar-refractivity contribution in [2.45, 2.75) is 45.3 Å². The van der Waals surface area contributed by atoms with Crippen LogP contribution in [0.3, 0.4) is 0 Å². The summed E-state index contributed by atoms with van der Waals surface area (Å²) >= 11 is 0. The summed E-state index contributed by atoms with van der Waals surface area (Å²) in [7, 11) is -1.40. The van der Waals surface area contributed by atoms with Gasteiger partial charge in [0.05, 0.1) is 12.3 Å². The first-order valence-corrected chi connectivity index (χ1v) is 8.62. The first kappa shape index (κ1) is 16.1. The molecular formula is C12H27N2O3P. The van der Waals surface area contributed by atoms with Crippen LogP contribution in [0.25, 0.3) is 0 Å². The smallest absolute Gasteiger partial charge is 0.324 e. The van der Waals surface area contributed by atoms with Crippen molar-refractivity contribution in [1.29, 1.82) is 0 Å². The number of nitrogens with one attached hydrogen (secondary N) is 1. The third kappa shape index (κ3) is 5.81. The first-order valence-electron chi connectivity index (χ1n) is 6.86. The molecule has 1 saturated heterocycles. The van der Waals surface area contributed by atoms with Crippen LogP contribution in [0.1, 0.15) is 33.1 Å². The summed E-state index contributed by atoms with van der Waals surface area (Å²) in [6, 6.07) is 0.523. The molecular weight excluding hydrogens is 251 g/mol. The second kappa shape index (κ2) is 7.61. The van der Waals surface area contributed by atoms with Crippen LogP contribution in [0.5, 0.6) is 0 Å². The molecule has 5 nitrogen and oxygen atoms in total. The van der Waals surface area contributed by atoms with E-state index in [1.807, 2.05) is 20.9 Å². The lowest BCUT2D eigenvalue weighted by Gasteiger charge is -2.32. The molecule has 1 aliphatic heterocycles. The van der Waals surface area contributed by atoms with E-state index < -0.39 is 7.60 Å². The molecule has 1 rings (SSSR count). The average Bonchev–Trinajstić information content (AvgIpc) is 2.36. The molecule has 18 heavy (non-hydrogen) atoms. The van der Waals surface area contributed by atoms with Gasteiger partial charge < -0.3 is 19.6 Å². The summed E-state index contributed by atoms with van der Waals surface area (Å²) < 4.78 is 17.1. The van der Waals surface area contributed by atoms with Gasteiger partial charge in [0.25, 0.3) is 0 Å². The van der Waals surface area contributed by atoms with Gasteiger partial charge in [-0.05, 0) is 46.3 Å². The Morgan fingerprint density at radius 2 is 2.11 bits per heavy atom. The van der Waals surface area contributed by atoms with Crippen LogP contribution in [0.2, 0.25) is 0 Å². The van der Waals surface area contributed by atoms with Crippen LogP contribution in [0.15, 0.2) is 0 Å². The lowest BCUT2D eigenvalue weighted by molar-refractivity contribution is 0.174. The zero-order valence-electron chi connectivity index (χ0n) is 11.8. The fourth-order valence-electron chi connectivity index (χ4n) is 2.12. The minimum absolute atomic E-state index is 0.148. The van der Waals surface area contributed by atoms with Crippen LogP contribution in [-0.2, 0) is 9.09 Å². The fourth-order valence-corrected chi connectivity index (χ4v) is 3.51. The van der Waals surface area contributed by atoms with E-state index in [9.17, 15) is 9.46 Å². The number of piperidine rings is 1. The molecule has 0 aromatic rings. The van der Waals surface area contributed by atoms with Crippen LogP contribution in [0, 0.1) is 0 Å². The summed E-state index contributed by atoms with van der Waals surface area (Å²) in [5, 5.41) is 3.32. The first-order chi connectivity index (χ1) is 8.44. The molecule has 2 atom stereocenters. The molecule has 0 aliphatic carbocycles. The van der Waals surface area contributed by atoms with Gasteiger partial charge >= 0.3 is 7.60 Å². The zero-order chi connectivity index (χ0) is 13.6. The predicted molar refractivity (Wildman–Crippen MR) is 74.1 cm³/mol. The second-order valence-corrected chi connectivity index (χ2v) is 7.08. The SMILES string of the molecule is CCC(C)OP(=O)(O)CCN(C)C1CCNCC1. The molecule has 1 fully saturated rings. The summed E-state index contributed by atoms with van der Waals surface area (Å²) in [5.74, 6) is 0. The van der Waals surface area contributed by atoms with E-state index in [1.165, 1.54) is 0 Å². The number of nitrogens with zero attached hydrogens (tertiary/aromatic N) is 1. The lowest BCUT2D eigenvalue weighted by atomic mass is 10.1. The highest BCUT2D eigenvalue weighted by Crippen LogP contribution is 2.43. The van der Waals surface area contributed by atoms with Crippen LogP contribution in [-0.4, -0.2) is 54.8 Å². The van der Waals surface area contributed by atoms with Gasteiger partial charge in [0.15, 0.2) is 0 Å². The quantitative estimate of drug-likeness (QED) is 0.694. The van der Waals surface area contributed by atoms with E-state index in [-0.39, 0.29) is 12.3 Å². The van der Waals surface area contributed by atoms with Crippen molar-refractivity contribution in [2.24, 2.45) is 0 Å². The Morgan fingerprint density at radius 3 is 2.67 bits per heavy atom. The van der Waals surface area contributed by atoms with Crippen molar-refractivity contribution in [1.82, 2.24) is 10.2 Å². The monoisotopic (exact) mass is 278 g/mol. The maximum Gasteiger partial charge on any atom is 0.329 e. The van der Waals surface area contributed by atoms with E-state index in [0.717, 1.165) is 32.4 Å². The summed E-state index contributed by atoms with van der Waals surface area (Å²) in [5.41, 5.74) is 0. The fraction of sp³-hybridized carbons (Fsp3) is 1.00. The molecule has 0 saturated carbocycles. The Morgan fingerprint density at radius 1 is 1.50 bits per heavy atom. The summed E-state index contributed by atoms with van der Waals surface area (Å²) in [4.78, 5) is 11.9. The molecule has 1 heterocycles. The zero-order valence-corrected chi connectivity index (χ0v) is 12.7. The largest absolute Gasteiger partial charge is 0.329 e. The average molecular weight is 278 g/mol. The van der Waals surface area contributed by atoms with Crippen molar-refractivity contribution in [3.8, 4) is 0 Å². The third-order valence-electron chi connectivity index (χ3n) is 3.59. The number of hydrogen-bond donors (Lipinski definition) is 2. The van der Waals surface area contributed by atoms with E-state index in [0.29, 0.717) is 12.6 Å². The van der Waals surface area contributed by atoms with Gasteiger partial charge in [-0.15, -0.1) is 0 Å². The second-order valence-electron chi connectivity index (χ2n) is 5.15. The Hall–Kier alpha value is 0.0700. The molecule has 0 amide bonds. The van der Waals surface area contributed by atoms with E-state index in [4.69, 9.17) is 4.52 Å². The Bertz CT molecular complexity index is 282. The predicted octanol–water partition coefficient (Wildman–Crippen LogP) is 1.67. The minimum Gasteiger partial charge on any atom is -0.324 e. The molecule has 2 unspecified atom stereocenters. The summed E-state index contributed by atoms with van der Waals surface area (Å²) in [6.45, 7) is 6.48. The normalized spacial score (nSPS) is 22.9. The molecule has 6 heteroatoms. The van der Waals surface area contributed by atoms with Crippen molar-refractivity contribution in [3.63, 3.8) is 0 Å². The third-order valence-corrected chi connectivity index (χ3v) is 5.04. The van der Waals surface area contributed by atoms with E-state index in [1.54, 1.807) is 0 Å². The highest BCUT2D eigenvalue weighted by Gasteiger charge is 2.25. The number of hydrogen-bond acceptors (Lipinski definition) is 4. The van der Waals surface area contributed by atoms with Crippen LogP contribution in [0.4, 0.5) is 0 Å². The van der Waals surface area contributed by atoms with E-state index in [2.05, 4.69) is 10.2 Å². The van der Waals surface area contributed by atoms with Crippen LogP contribution >= 0.6 is 7.60 Å². The maximum atomic E-state index is 11.9. The summed E-state index contributed by atoms with van der Waals surface area (Å²) in [6.07, 6.45) is 3.05. The standard InChI is InChI=1S/C12H27N2O3P/c1-4-11(2)17-18(15,16)10-9-14(3)12-5-7-13-8-6-12/h11-13H,4-10H2,1-3H3,(H,15,16). The lowest BCUT2D eigenvalue weighted by Crippen LogP contribution is -2.42. The highest BCUT2D eigenvalue weighted by atomic mass is 31.2. The van der Waals surface area contributed by atoms with Crippen molar-refractivity contribution in [2.75, 3.05) is 32.8 Å². The molecule has 108 valence electrons. The van der Waals surface area contributed by atoms with Gasteiger partial charge in [0.1, 0.15) is 0 Å². The van der Waals surface area contributed by atoms with Gasteiger partial charge in [-0.1, -0.05) is 6.92 Å². The van der Waals surface area contributed by atoms with Gasteiger partial charge in [-0.25, -0.2) is 0 Å². The van der Waals surface area contributed by atoms with Gasteiger partial charge in [0, 0.05) is 12.6 Å². The van der Waals surface area contributed by atoms with Crippen molar-refractivity contribution < 1.29 is 14.0 Å². The Labute approximate surface area is 110 Å². The molecule has 2 N–H and O–H groups in total. The highest BCUT2D eigenvalue weighted by molar-refractivity contribution is 7.52. The van der Waals surface area contributed by atoms with Crippen molar-refractivity contribution >= 4 is 7.60 Å². The van der Waals surface area contributed by atoms with Crippen molar-refractivity contribution in [3.05, 3.63) is 0 Å². The maximum absolute atomic E-state index is 11.9. The van der Waals surface area contributed by atoms with Gasteiger partial charge in [0.2, 0.25) is 0 Å². The molecule has 0 radical (unpaired) electrons. The Kier molecular flexibility index (Phi) is 6.82. The van der Waals surface area contributed by atoms with Gasteiger partial charge in [-0.3, -0.25) is 4.57 Å². The topological polar surface area (TPSA) is 61.8 Å². The van der Waals surface area contributed by atoms with Crippen LogP contribution < -0.4 is 5.32 Å². The molecule has 0 aromatic heterocycles. The minimum atomic E-state index is -3.43. The van der Waals surface area contributed by atoms with Gasteiger partial charge in [-0.2, -0.15) is 0 Å². The molecule has 1 aliphatic rings.